The van der Waals surface area contributed by atoms with Gasteiger partial charge in [-0.15, -0.1) is 6.42 Å². The summed E-state index contributed by atoms with van der Waals surface area (Å²) in [7, 11) is 4.60. The molecular formula is C47H70Cl2N8O8. The Morgan fingerprint density at radius 1 is 0.969 bits per heavy atom. The van der Waals surface area contributed by atoms with Gasteiger partial charge in [0.1, 0.15) is 41.7 Å². The van der Waals surface area contributed by atoms with Gasteiger partial charge in [-0.05, 0) is 107 Å². The number of benzene rings is 1. The Kier molecular flexibility index (Phi) is 20.4. The number of terminal acetylenes is 1. The number of halogens is 2. The average molecular weight is 946 g/mol. The lowest BCUT2D eigenvalue weighted by molar-refractivity contribution is -0.146. The van der Waals surface area contributed by atoms with Crippen molar-refractivity contribution in [1.29, 1.82) is 0 Å². The zero-order valence-corrected chi connectivity index (χ0v) is 40.7. The first kappa shape index (κ1) is 53.2. The molecule has 7 amide bonds. The van der Waals surface area contributed by atoms with Crippen molar-refractivity contribution in [2.45, 2.75) is 135 Å². The van der Waals surface area contributed by atoms with Gasteiger partial charge in [0.05, 0.1) is 13.2 Å². The van der Waals surface area contributed by atoms with Gasteiger partial charge >= 0.3 is 0 Å². The molecule has 3 aliphatic rings. The van der Waals surface area contributed by atoms with Crippen molar-refractivity contribution in [3.8, 4) is 12.3 Å². The van der Waals surface area contributed by atoms with Gasteiger partial charge in [-0.3, -0.25) is 38.5 Å². The van der Waals surface area contributed by atoms with Gasteiger partial charge in [0, 0.05) is 57.2 Å². The van der Waals surface area contributed by atoms with E-state index in [0.717, 1.165) is 26.1 Å². The van der Waals surface area contributed by atoms with E-state index in [1.807, 2.05) is 13.8 Å². The summed E-state index contributed by atoms with van der Waals surface area (Å²) in [5.74, 6) is -1.06. The van der Waals surface area contributed by atoms with Crippen LogP contribution in [0.4, 0.5) is 0 Å². The lowest BCUT2D eigenvalue weighted by Crippen LogP contribution is -2.60. The maximum atomic E-state index is 14.7. The molecule has 4 N–H and O–H groups in total. The van der Waals surface area contributed by atoms with Gasteiger partial charge in [0.15, 0.2) is 0 Å². The number of morpholine rings is 1. The lowest BCUT2D eigenvalue weighted by Gasteiger charge is -2.35. The van der Waals surface area contributed by atoms with Crippen molar-refractivity contribution in [2.75, 3.05) is 60.5 Å². The summed E-state index contributed by atoms with van der Waals surface area (Å²) >= 11 is 12.9. The zero-order chi connectivity index (χ0) is 48.0. The number of unbranched alkanes of at least 4 members (excludes halogenated alkanes) is 1. The van der Waals surface area contributed by atoms with E-state index in [9.17, 15) is 33.6 Å². The summed E-state index contributed by atoms with van der Waals surface area (Å²) in [4.78, 5) is 105. The second-order valence-electron chi connectivity index (χ2n) is 18.2. The highest BCUT2D eigenvalue weighted by molar-refractivity contribution is 6.33. The van der Waals surface area contributed by atoms with Crippen LogP contribution in [0.1, 0.15) is 97.5 Å². The SMILES string of the molecule is C#CC1(C(=O)N[C@@H](CC)C(=O)N[C@@H](CCCCN2CCOCC2)C(=O)N(C)[C@H]2CCCCN(C)C(=O)[C@@H](C)NC(=O)[C@H](Cc3cc(Cl)ccc3Cl)N(C)C(=O)[C@H](CC(C)C)NC2=O)CC1. The number of carbonyl (C=O) groups is 7. The summed E-state index contributed by atoms with van der Waals surface area (Å²) in [5, 5.41) is 12.2. The van der Waals surface area contributed by atoms with Crippen molar-refractivity contribution in [3.63, 3.8) is 0 Å². The summed E-state index contributed by atoms with van der Waals surface area (Å²) < 4.78 is 5.48. The van der Waals surface area contributed by atoms with E-state index in [2.05, 4.69) is 32.1 Å². The molecular weight excluding hydrogens is 875 g/mol. The number of nitrogens with zero attached hydrogens (tertiary/aromatic N) is 4. The number of amides is 7. The highest BCUT2D eigenvalue weighted by atomic mass is 35.5. The molecule has 3 fully saturated rings. The van der Waals surface area contributed by atoms with Crippen LogP contribution in [-0.2, 0) is 44.7 Å². The summed E-state index contributed by atoms with van der Waals surface area (Å²) in [6, 6.07) is -1.47. The Hall–Kier alpha value is -4.43. The molecule has 18 heteroatoms. The van der Waals surface area contributed by atoms with Crippen molar-refractivity contribution in [3.05, 3.63) is 33.8 Å². The Labute approximate surface area is 394 Å². The molecule has 0 unspecified atom stereocenters. The van der Waals surface area contributed by atoms with Crippen LogP contribution in [0.25, 0.3) is 0 Å². The van der Waals surface area contributed by atoms with Gasteiger partial charge in [0.25, 0.3) is 0 Å². The van der Waals surface area contributed by atoms with Crippen molar-refractivity contribution in [2.24, 2.45) is 11.3 Å². The number of ether oxygens (including phenoxy) is 1. The minimum absolute atomic E-state index is 0.0423. The fourth-order valence-corrected chi connectivity index (χ4v) is 8.71. The van der Waals surface area contributed by atoms with Gasteiger partial charge < -0.3 is 40.7 Å². The smallest absolute Gasteiger partial charge is 0.245 e. The number of hydrogen-bond donors (Lipinski definition) is 4. The van der Waals surface area contributed by atoms with Gasteiger partial charge in [0.2, 0.25) is 41.4 Å². The molecule has 0 radical (unpaired) electrons. The van der Waals surface area contributed by atoms with Gasteiger partial charge in [-0.2, -0.15) is 0 Å². The normalized spacial score (nSPS) is 23.5. The Morgan fingerprint density at radius 3 is 2.29 bits per heavy atom. The van der Waals surface area contributed by atoms with Crippen LogP contribution in [0.5, 0.6) is 0 Å². The maximum Gasteiger partial charge on any atom is 0.245 e. The number of likely N-dealkylation sites (N-methyl/N-ethyl adjacent to an activating group) is 3. The van der Waals surface area contributed by atoms with Gasteiger partial charge in [-0.1, -0.05) is 49.9 Å². The molecule has 0 bridgehead atoms. The highest BCUT2D eigenvalue weighted by Gasteiger charge is 2.49. The third-order valence-electron chi connectivity index (χ3n) is 12.7. The number of rotatable bonds is 16. The molecule has 1 aromatic carbocycles. The van der Waals surface area contributed by atoms with Crippen LogP contribution in [0.2, 0.25) is 10.0 Å². The first-order valence-corrected chi connectivity index (χ1v) is 23.8. The molecule has 2 heterocycles. The third kappa shape index (κ3) is 15.0. The second-order valence-corrected chi connectivity index (χ2v) is 19.1. The van der Waals surface area contributed by atoms with Crippen molar-refractivity contribution in [1.82, 2.24) is 40.9 Å². The number of carbonyl (C=O) groups excluding carboxylic acids is 7. The number of hydrogen-bond acceptors (Lipinski definition) is 9. The van der Waals surface area contributed by atoms with Crippen LogP contribution in [0.3, 0.4) is 0 Å². The van der Waals surface area contributed by atoms with E-state index < -0.39 is 77.1 Å². The second kappa shape index (κ2) is 24.9. The first-order chi connectivity index (χ1) is 30.8. The van der Waals surface area contributed by atoms with E-state index in [0.29, 0.717) is 67.5 Å². The quantitative estimate of drug-likeness (QED) is 0.143. The average Bonchev–Trinajstić information content (AvgIpc) is 4.09. The van der Waals surface area contributed by atoms with E-state index >= 15 is 0 Å². The molecule has 4 rings (SSSR count). The molecule has 2 saturated heterocycles. The summed E-state index contributed by atoms with van der Waals surface area (Å²) in [6.45, 7) is 11.1. The molecule has 1 aliphatic carbocycles. The number of nitrogens with one attached hydrogen (secondary N) is 4. The summed E-state index contributed by atoms with van der Waals surface area (Å²) in [6.07, 6.45) is 9.76. The maximum absolute atomic E-state index is 14.7. The van der Waals surface area contributed by atoms with E-state index in [-0.39, 0.29) is 43.9 Å². The van der Waals surface area contributed by atoms with E-state index in [4.69, 9.17) is 34.4 Å². The predicted octanol–water partition coefficient (Wildman–Crippen LogP) is 3.16. The minimum Gasteiger partial charge on any atom is -0.379 e. The standard InChI is InChI=1S/C47H70Cl2N8O8/c1-9-35(53-46(64)47(10-2)19-20-47)40(58)51-36(15-11-14-22-57-23-25-65-26-24-57)44(62)55(7)38-16-12-13-21-54(6)43(61)31(5)50-42(60)39(29-32-28-33(48)17-18-34(32)49)56(8)45(63)37(27-30(3)4)52-41(38)59/h2,17-18,28,30-31,35-39H,9,11-16,19-27,29H2,1,3-8H3,(H,50,60)(H,51,58)(H,52,59)(H,53,64)/t31-,35+,36+,37+,38+,39+/m1/s1. The molecule has 0 aromatic heterocycles. The Morgan fingerprint density at radius 2 is 1.66 bits per heavy atom. The highest BCUT2D eigenvalue weighted by Crippen LogP contribution is 2.45. The minimum atomic E-state index is -1.16. The van der Waals surface area contributed by atoms with Crippen LogP contribution < -0.4 is 21.3 Å². The zero-order valence-electron chi connectivity index (χ0n) is 39.2. The fraction of sp³-hybridized carbons (Fsp3) is 0.681. The molecule has 1 saturated carbocycles. The molecule has 360 valence electrons. The molecule has 1 aromatic rings. The summed E-state index contributed by atoms with van der Waals surface area (Å²) in [5.41, 5.74) is -0.426. The Balaban J connectivity index is 1.65. The largest absolute Gasteiger partial charge is 0.379 e. The third-order valence-corrected chi connectivity index (χ3v) is 13.3. The fourth-order valence-electron chi connectivity index (χ4n) is 8.32. The molecule has 65 heavy (non-hydrogen) atoms. The van der Waals surface area contributed by atoms with Crippen LogP contribution in [0.15, 0.2) is 18.2 Å². The first-order valence-electron chi connectivity index (χ1n) is 23.0. The predicted molar refractivity (Wildman–Crippen MR) is 250 cm³/mol. The molecule has 16 nitrogen and oxygen atoms in total. The molecule has 0 spiro atoms. The monoisotopic (exact) mass is 944 g/mol. The van der Waals surface area contributed by atoms with Gasteiger partial charge in [-0.25, -0.2) is 0 Å². The topological polar surface area (TPSA) is 190 Å². The molecule has 2 aliphatic heterocycles. The Bertz CT molecular complexity index is 1900. The van der Waals surface area contributed by atoms with Crippen molar-refractivity contribution >= 4 is 64.6 Å². The van der Waals surface area contributed by atoms with Crippen molar-refractivity contribution < 1.29 is 38.3 Å². The van der Waals surface area contributed by atoms with E-state index in [1.165, 1.54) is 28.8 Å². The molecule has 6 atom stereocenters. The van der Waals surface area contributed by atoms with Crippen LogP contribution in [0, 0.1) is 23.7 Å². The lowest BCUT2D eigenvalue weighted by atomic mass is 9.98. The van der Waals surface area contributed by atoms with Crippen LogP contribution in [-0.4, -0.2) is 158 Å². The van der Waals surface area contributed by atoms with Crippen LogP contribution >= 0.6 is 23.2 Å². The van der Waals surface area contributed by atoms with E-state index in [1.54, 1.807) is 39.1 Å².